The number of hydrogen-bond donors (Lipinski definition) is 3. The molecule has 0 aromatic rings. The Balaban J connectivity index is 3.38. The number of esters is 1. The summed E-state index contributed by atoms with van der Waals surface area (Å²) in [7, 11) is 0. The molecule has 0 radical (unpaired) electrons. The quantitative estimate of drug-likeness (QED) is 0.0320. The third-order valence-electron chi connectivity index (χ3n) is 15.0. The van der Waals surface area contributed by atoms with E-state index in [0.717, 1.165) is 51.4 Å². The van der Waals surface area contributed by atoms with E-state index in [9.17, 15) is 19.8 Å². The highest BCUT2D eigenvalue weighted by Gasteiger charge is 2.20. The van der Waals surface area contributed by atoms with Crippen molar-refractivity contribution in [2.75, 3.05) is 13.2 Å². The summed E-state index contributed by atoms with van der Waals surface area (Å²) in [5.74, 6) is -0.0294. The van der Waals surface area contributed by atoms with Gasteiger partial charge in [-0.05, 0) is 57.8 Å². The minimum absolute atomic E-state index is 0.00600. The van der Waals surface area contributed by atoms with Gasteiger partial charge in [-0.1, -0.05) is 308 Å². The van der Waals surface area contributed by atoms with Crippen molar-refractivity contribution in [1.29, 1.82) is 0 Å². The molecule has 0 aromatic carbocycles. The average molecular weight is 1000 g/mol. The first kappa shape index (κ1) is 69.3. The van der Waals surface area contributed by atoms with Crippen molar-refractivity contribution in [1.82, 2.24) is 5.32 Å². The Morgan fingerprint density at radius 3 is 1.10 bits per heavy atom. The van der Waals surface area contributed by atoms with Crippen LogP contribution in [-0.4, -0.2) is 47.4 Å². The largest absolute Gasteiger partial charge is 0.466 e. The van der Waals surface area contributed by atoms with Gasteiger partial charge in [-0.2, -0.15) is 0 Å². The van der Waals surface area contributed by atoms with E-state index in [4.69, 9.17) is 4.74 Å². The molecule has 0 aliphatic heterocycles. The summed E-state index contributed by atoms with van der Waals surface area (Å²) in [6.07, 6.45) is 74.7. The van der Waals surface area contributed by atoms with E-state index in [1.807, 2.05) is 0 Å². The fourth-order valence-corrected chi connectivity index (χ4v) is 10.1. The monoisotopic (exact) mass is 1000 g/mol. The van der Waals surface area contributed by atoms with E-state index in [-0.39, 0.29) is 18.5 Å². The number of carbonyl (C=O) groups is 2. The highest BCUT2D eigenvalue weighted by atomic mass is 16.5. The number of aliphatic hydroxyl groups excluding tert-OH is 2. The van der Waals surface area contributed by atoms with Crippen LogP contribution in [0.5, 0.6) is 0 Å². The van der Waals surface area contributed by atoms with Crippen LogP contribution in [-0.2, 0) is 14.3 Å². The lowest BCUT2D eigenvalue weighted by molar-refractivity contribution is -0.143. The highest BCUT2D eigenvalue weighted by Crippen LogP contribution is 2.18. The van der Waals surface area contributed by atoms with E-state index in [0.29, 0.717) is 25.9 Å². The van der Waals surface area contributed by atoms with Crippen LogP contribution in [0, 0.1) is 0 Å². The minimum Gasteiger partial charge on any atom is -0.466 e. The summed E-state index contributed by atoms with van der Waals surface area (Å²) >= 11 is 0. The van der Waals surface area contributed by atoms with E-state index in [2.05, 4.69) is 43.5 Å². The van der Waals surface area contributed by atoms with Gasteiger partial charge >= 0.3 is 5.97 Å². The van der Waals surface area contributed by atoms with E-state index < -0.39 is 12.1 Å². The summed E-state index contributed by atoms with van der Waals surface area (Å²) in [5.41, 5.74) is 0. The number of aliphatic hydroxyl groups is 2. The summed E-state index contributed by atoms with van der Waals surface area (Å²) < 4.78 is 5.50. The van der Waals surface area contributed by atoms with Crippen molar-refractivity contribution in [3.05, 3.63) is 24.3 Å². The lowest BCUT2D eigenvalue weighted by Gasteiger charge is -2.22. The summed E-state index contributed by atoms with van der Waals surface area (Å²) in [6, 6.07) is -0.544. The van der Waals surface area contributed by atoms with Crippen molar-refractivity contribution in [3.63, 3.8) is 0 Å². The Hall–Kier alpha value is -1.66. The molecule has 3 N–H and O–H groups in total. The van der Waals surface area contributed by atoms with Crippen molar-refractivity contribution in [2.45, 2.75) is 366 Å². The van der Waals surface area contributed by atoms with Crippen LogP contribution >= 0.6 is 0 Å². The van der Waals surface area contributed by atoms with Crippen LogP contribution in [0.2, 0.25) is 0 Å². The van der Waals surface area contributed by atoms with Crippen LogP contribution in [0.4, 0.5) is 0 Å². The maximum absolute atomic E-state index is 12.5. The minimum atomic E-state index is -0.666. The molecule has 6 nitrogen and oxygen atoms in total. The van der Waals surface area contributed by atoms with Gasteiger partial charge in [0, 0.05) is 12.8 Å². The Bertz CT molecular complexity index is 1110. The third kappa shape index (κ3) is 57.5. The van der Waals surface area contributed by atoms with Gasteiger partial charge in [0.05, 0.1) is 25.4 Å². The standard InChI is InChI=1S/C65H125NO5/c1-3-5-7-9-11-13-15-17-19-21-23-27-31-35-39-43-47-51-55-59-65(70)71-60-56-52-48-44-40-36-32-28-25-22-24-26-30-34-38-42-46-50-54-58-64(69)66-62(61-67)63(68)57-53-49-45-41-37-33-29-20-18-16-14-12-10-8-6-4-2/h11,13,17,19,62-63,67-68H,3-10,12,14-16,18,20-61H2,1-2H3,(H,66,69)/b13-11-,19-17-. The van der Waals surface area contributed by atoms with Crippen molar-refractivity contribution >= 4 is 11.9 Å². The number of carbonyl (C=O) groups excluding carboxylic acids is 2. The Morgan fingerprint density at radius 1 is 0.394 bits per heavy atom. The van der Waals surface area contributed by atoms with Gasteiger partial charge in [-0.15, -0.1) is 0 Å². The molecular weight excluding hydrogens is 875 g/mol. The number of nitrogens with one attached hydrogen (secondary N) is 1. The van der Waals surface area contributed by atoms with Gasteiger partial charge in [0.25, 0.3) is 0 Å². The Kier molecular flexibility index (Phi) is 59.5. The maximum atomic E-state index is 12.5. The normalized spacial score (nSPS) is 12.7. The first-order chi connectivity index (χ1) is 35.0. The van der Waals surface area contributed by atoms with Crippen molar-refractivity contribution in [3.8, 4) is 0 Å². The number of ether oxygens (including phenoxy) is 1. The van der Waals surface area contributed by atoms with E-state index >= 15 is 0 Å². The van der Waals surface area contributed by atoms with Crippen molar-refractivity contribution < 1.29 is 24.5 Å². The molecule has 420 valence electrons. The number of hydrogen-bond acceptors (Lipinski definition) is 5. The predicted octanol–water partition coefficient (Wildman–Crippen LogP) is 20.2. The molecular formula is C65H125NO5. The zero-order valence-electron chi connectivity index (χ0n) is 48.0. The molecule has 0 rings (SSSR count). The molecule has 0 fully saturated rings. The molecule has 0 bridgehead atoms. The van der Waals surface area contributed by atoms with Gasteiger partial charge in [0.15, 0.2) is 0 Å². The molecule has 2 atom stereocenters. The molecule has 0 aliphatic rings. The van der Waals surface area contributed by atoms with E-state index in [1.165, 1.54) is 270 Å². The molecule has 0 aliphatic carbocycles. The second-order valence-corrected chi connectivity index (χ2v) is 22.1. The number of rotatable bonds is 60. The number of amides is 1. The van der Waals surface area contributed by atoms with Gasteiger partial charge < -0.3 is 20.3 Å². The van der Waals surface area contributed by atoms with Crippen LogP contribution in [0.15, 0.2) is 24.3 Å². The smallest absolute Gasteiger partial charge is 0.305 e. The molecule has 0 saturated carbocycles. The van der Waals surface area contributed by atoms with Gasteiger partial charge in [-0.3, -0.25) is 9.59 Å². The maximum Gasteiger partial charge on any atom is 0.305 e. The molecule has 0 aromatic heterocycles. The SMILES string of the molecule is CCCCC/C=C\C/C=C\CCCCCCCCCCCC(=O)OCCCCCCCCCCCCCCCCCCCCCC(=O)NC(CO)C(O)CCCCCCCCCCCCCCCCCC. The third-order valence-corrected chi connectivity index (χ3v) is 15.0. The first-order valence-corrected chi connectivity index (χ1v) is 32.1. The number of allylic oxidation sites excluding steroid dienone is 4. The fraction of sp³-hybridized carbons (Fsp3) is 0.908. The molecule has 6 heteroatoms. The molecule has 0 spiro atoms. The second-order valence-electron chi connectivity index (χ2n) is 22.1. The van der Waals surface area contributed by atoms with Crippen LogP contribution in [0.1, 0.15) is 354 Å². The molecule has 0 heterocycles. The number of unbranched alkanes of at least 4 members (excludes halogenated alkanes) is 45. The average Bonchev–Trinajstić information content (AvgIpc) is 3.37. The second kappa shape index (κ2) is 60.9. The summed E-state index contributed by atoms with van der Waals surface area (Å²) in [5, 5.41) is 23.3. The Morgan fingerprint density at radius 2 is 0.704 bits per heavy atom. The lowest BCUT2D eigenvalue weighted by Crippen LogP contribution is -2.45. The van der Waals surface area contributed by atoms with Crippen LogP contribution in [0.25, 0.3) is 0 Å². The van der Waals surface area contributed by atoms with Gasteiger partial charge in [0.2, 0.25) is 5.91 Å². The van der Waals surface area contributed by atoms with Gasteiger partial charge in [0.1, 0.15) is 0 Å². The molecule has 1 amide bonds. The van der Waals surface area contributed by atoms with E-state index in [1.54, 1.807) is 0 Å². The molecule has 71 heavy (non-hydrogen) atoms. The molecule has 0 saturated heterocycles. The molecule has 2 unspecified atom stereocenters. The van der Waals surface area contributed by atoms with Crippen LogP contribution < -0.4 is 5.32 Å². The zero-order valence-corrected chi connectivity index (χ0v) is 48.0. The highest BCUT2D eigenvalue weighted by molar-refractivity contribution is 5.76. The lowest BCUT2D eigenvalue weighted by atomic mass is 10.0. The topological polar surface area (TPSA) is 95.9 Å². The predicted molar refractivity (Wildman–Crippen MR) is 310 cm³/mol. The fourth-order valence-electron chi connectivity index (χ4n) is 10.1. The van der Waals surface area contributed by atoms with Crippen LogP contribution in [0.3, 0.4) is 0 Å². The summed E-state index contributed by atoms with van der Waals surface area (Å²) in [4.78, 5) is 24.6. The summed E-state index contributed by atoms with van der Waals surface area (Å²) in [6.45, 7) is 4.95. The Labute approximate surface area is 443 Å². The van der Waals surface area contributed by atoms with Crippen molar-refractivity contribution in [2.24, 2.45) is 0 Å². The zero-order chi connectivity index (χ0) is 51.4. The van der Waals surface area contributed by atoms with Gasteiger partial charge in [-0.25, -0.2) is 0 Å². The first-order valence-electron chi connectivity index (χ1n) is 32.1.